The minimum atomic E-state index is -0.499. The highest BCUT2D eigenvalue weighted by atomic mass is 16.2. The fraction of sp³-hybridized carbons (Fsp3) is 0.353. The van der Waals surface area contributed by atoms with E-state index in [-0.39, 0.29) is 11.3 Å². The van der Waals surface area contributed by atoms with Crippen LogP contribution in [0.15, 0.2) is 36.5 Å². The average molecular weight is 312 g/mol. The molecule has 0 aliphatic carbocycles. The molecule has 1 atom stereocenters. The van der Waals surface area contributed by atoms with Crippen molar-refractivity contribution in [2.24, 2.45) is 5.73 Å². The molecular weight excluding hydrogens is 292 g/mol. The topological polar surface area (TPSA) is 92.1 Å². The normalized spacial score (nSPS) is 21.2. The molecule has 120 valence electrons. The third-order valence-electron chi connectivity index (χ3n) is 4.51. The molecule has 0 saturated carbocycles. The zero-order valence-electron chi connectivity index (χ0n) is 13.1. The summed E-state index contributed by atoms with van der Waals surface area (Å²) in [5, 5.41) is 6.87. The summed E-state index contributed by atoms with van der Waals surface area (Å²) in [7, 11) is 0. The van der Waals surface area contributed by atoms with Crippen molar-refractivity contribution >= 4 is 11.8 Å². The Bertz CT molecular complexity index is 725. The first kappa shape index (κ1) is 15.3. The number of H-pyrrole nitrogens is 1. The first-order valence-corrected chi connectivity index (χ1v) is 7.69. The van der Waals surface area contributed by atoms with E-state index in [1.807, 2.05) is 42.2 Å². The Hall–Kier alpha value is -2.63. The van der Waals surface area contributed by atoms with E-state index in [4.69, 9.17) is 5.73 Å². The van der Waals surface area contributed by atoms with Crippen molar-refractivity contribution in [3.63, 3.8) is 0 Å². The van der Waals surface area contributed by atoms with Gasteiger partial charge in [-0.2, -0.15) is 5.10 Å². The van der Waals surface area contributed by atoms with Crippen molar-refractivity contribution in [3.8, 4) is 0 Å². The van der Waals surface area contributed by atoms with Crippen LogP contribution in [0.1, 0.15) is 46.2 Å². The number of hydrogen-bond donors (Lipinski definition) is 2. The molecule has 1 aromatic heterocycles. The van der Waals surface area contributed by atoms with Gasteiger partial charge in [0.1, 0.15) is 0 Å². The van der Waals surface area contributed by atoms with Gasteiger partial charge in [-0.1, -0.05) is 25.1 Å². The molecule has 1 aliphatic heterocycles. The SMILES string of the molecule is CC1(c2[nH]ncc2C(N)=O)CCCN(C(=O)c2ccccc2)C1. The van der Waals surface area contributed by atoms with E-state index in [2.05, 4.69) is 10.2 Å². The molecule has 0 spiro atoms. The number of benzene rings is 1. The number of piperidine rings is 1. The number of primary amides is 1. The van der Waals surface area contributed by atoms with E-state index in [0.717, 1.165) is 18.5 Å². The van der Waals surface area contributed by atoms with E-state index >= 15 is 0 Å². The van der Waals surface area contributed by atoms with E-state index < -0.39 is 5.91 Å². The number of carbonyl (C=O) groups is 2. The number of nitrogens with zero attached hydrogens (tertiary/aromatic N) is 2. The fourth-order valence-corrected chi connectivity index (χ4v) is 3.31. The summed E-state index contributed by atoms with van der Waals surface area (Å²) in [6.45, 7) is 3.28. The molecule has 3 N–H and O–H groups in total. The minimum Gasteiger partial charge on any atom is -0.365 e. The number of amides is 2. The molecule has 0 radical (unpaired) electrons. The molecule has 3 rings (SSSR count). The predicted molar refractivity (Wildman–Crippen MR) is 86.0 cm³/mol. The second-order valence-corrected chi connectivity index (χ2v) is 6.28. The number of rotatable bonds is 3. The Morgan fingerprint density at radius 3 is 2.74 bits per heavy atom. The van der Waals surface area contributed by atoms with Crippen molar-refractivity contribution in [1.82, 2.24) is 15.1 Å². The summed E-state index contributed by atoms with van der Waals surface area (Å²) in [4.78, 5) is 26.1. The highest BCUT2D eigenvalue weighted by molar-refractivity contribution is 5.95. The maximum atomic E-state index is 12.7. The van der Waals surface area contributed by atoms with Crippen molar-refractivity contribution < 1.29 is 9.59 Å². The van der Waals surface area contributed by atoms with Gasteiger partial charge in [-0.05, 0) is 25.0 Å². The summed E-state index contributed by atoms with van der Waals surface area (Å²) in [6, 6.07) is 9.24. The molecule has 2 heterocycles. The fourth-order valence-electron chi connectivity index (χ4n) is 3.31. The van der Waals surface area contributed by atoms with Crippen LogP contribution in [0, 0.1) is 0 Å². The van der Waals surface area contributed by atoms with Crippen molar-refractivity contribution in [2.75, 3.05) is 13.1 Å². The standard InChI is InChI=1S/C17H20N4O2/c1-17(14-13(15(18)22)10-19-20-14)8-5-9-21(11-17)16(23)12-6-3-2-4-7-12/h2-4,6-7,10H,5,8-9,11H2,1H3,(H2,18,22)(H,19,20). The van der Waals surface area contributed by atoms with Gasteiger partial charge in [0.15, 0.2) is 0 Å². The van der Waals surface area contributed by atoms with Gasteiger partial charge in [0, 0.05) is 24.1 Å². The van der Waals surface area contributed by atoms with Gasteiger partial charge in [0.05, 0.1) is 17.5 Å². The lowest BCUT2D eigenvalue weighted by Crippen LogP contribution is -2.47. The largest absolute Gasteiger partial charge is 0.365 e. The van der Waals surface area contributed by atoms with E-state index in [0.29, 0.717) is 24.2 Å². The smallest absolute Gasteiger partial charge is 0.253 e. The minimum absolute atomic E-state index is 0.0108. The second-order valence-electron chi connectivity index (χ2n) is 6.28. The average Bonchev–Trinajstić information content (AvgIpc) is 3.06. The first-order valence-electron chi connectivity index (χ1n) is 7.69. The lowest BCUT2D eigenvalue weighted by atomic mass is 9.77. The van der Waals surface area contributed by atoms with Gasteiger partial charge >= 0.3 is 0 Å². The molecule has 1 aliphatic rings. The number of hydrogen-bond acceptors (Lipinski definition) is 3. The lowest BCUT2D eigenvalue weighted by molar-refractivity contribution is 0.0647. The molecule has 2 amide bonds. The molecule has 6 heteroatoms. The molecular formula is C17H20N4O2. The van der Waals surface area contributed by atoms with Crippen LogP contribution in [0.25, 0.3) is 0 Å². The number of carbonyl (C=O) groups excluding carboxylic acids is 2. The van der Waals surface area contributed by atoms with E-state index in [9.17, 15) is 9.59 Å². The highest BCUT2D eigenvalue weighted by Gasteiger charge is 2.38. The van der Waals surface area contributed by atoms with Crippen LogP contribution in [0.5, 0.6) is 0 Å². The molecule has 1 aromatic carbocycles. The maximum Gasteiger partial charge on any atom is 0.253 e. The highest BCUT2D eigenvalue weighted by Crippen LogP contribution is 2.34. The zero-order chi connectivity index (χ0) is 16.4. The summed E-state index contributed by atoms with van der Waals surface area (Å²) >= 11 is 0. The molecule has 1 saturated heterocycles. The Kier molecular flexibility index (Phi) is 3.90. The summed E-state index contributed by atoms with van der Waals surface area (Å²) < 4.78 is 0. The van der Waals surface area contributed by atoms with Crippen LogP contribution in [0.2, 0.25) is 0 Å². The van der Waals surface area contributed by atoms with Gasteiger partial charge < -0.3 is 10.6 Å². The third kappa shape index (κ3) is 2.84. The van der Waals surface area contributed by atoms with Crippen LogP contribution in [0.3, 0.4) is 0 Å². The Balaban J connectivity index is 1.87. The van der Waals surface area contributed by atoms with Gasteiger partial charge in [-0.25, -0.2) is 0 Å². The number of aromatic nitrogens is 2. The van der Waals surface area contributed by atoms with Crippen LogP contribution in [-0.4, -0.2) is 40.0 Å². The molecule has 23 heavy (non-hydrogen) atoms. The number of nitrogens with one attached hydrogen (secondary N) is 1. The maximum absolute atomic E-state index is 12.7. The Morgan fingerprint density at radius 2 is 2.04 bits per heavy atom. The molecule has 1 unspecified atom stereocenters. The third-order valence-corrected chi connectivity index (χ3v) is 4.51. The van der Waals surface area contributed by atoms with E-state index in [1.165, 1.54) is 6.20 Å². The number of likely N-dealkylation sites (tertiary alicyclic amines) is 1. The van der Waals surface area contributed by atoms with Crippen LogP contribution in [0.4, 0.5) is 0 Å². The summed E-state index contributed by atoms with van der Waals surface area (Å²) in [5.41, 5.74) is 6.87. The zero-order valence-corrected chi connectivity index (χ0v) is 13.1. The summed E-state index contributed by atoms with van der Waals surface area (Å²) in [6.07, 6.45) is 3.20. The monoisotopic (exact) mass is 312 g/mol. The van der Waals surface area contributed by atoms with Crippen molar-refractivity contribution in [3.05, 3.63) is 53.3 Å². The molecule has 1 fully saturated rings. The van der Waals surface area contributed by atoms with E-state index in [1.54, 1.807) is 0 Å². The second kappa shape index (κ2) is 5.87. The van der Waals surface area contributed by atoms with Gasteiger partial charge in [0.25, 0.3) is 11.8 Å². The van der Waals surface area contributed by atoms with Crippen LogP contribution < -0.4 is 5.73 Å². The van der Waals surface area contributed by atoms with Gasteiger partial charge in [-0.15, -0.1) is 0 Å². The quantitative estimate of drug-likeness (QED) is 0.903. The Morgan fingerprint density at radius 1 is 1.30 bits per heavy atom. The van der Waals surface area contributed by atoms with Gasteiger partial charge in [-0.3, -0.25) is 14.7 Å². The Labute approximate surface area is 134 Å². The predicted octanol–water partition coefficient (Wildman–Crippen LogP) is 1.70. The summed E-state index contributed by atoms with van der Waals surface area (Å²) in [5.74, 6) is -0.488. The molecule has 6 nitrogen and oxygen atoms in total. The molecule has 2 aromatic rings. The number of aromatic amines is 1. The molecule has 0 bridgehead atoms. The lowest BCUT2D eigenvalue weighted by Gasteiger charge is -2.40. The van der Waals surface area contributed by atoms with Crippen LogP contribution in [-0.2, 0) is 5.41 Å². The first-order chi connectivity index (χ1) is 11.0. The van der Waals surface area contributed by atoms with Crippen molar-refractivity contribution in [1.29, 1.82) is 0 Å². The van der Waals surface area contributed by atoms with Crippen molar-refractivity contribution in [2.45, 2.75) is 25.2 Å². The van der Waals surface area contributed by atoms with Gasteiger partial charge in [0.2, 0.25) is 0 Å². The number of nitrogens with two attached hydrogens (primary N) is 1. The van der Waals surface area contributed by atoms with Crippen LogP contribution >= 0.6 is 0 Å².